The van der Waals surface area contributed by atoms with Crippen LogP contribution in [0.15, 0.2) is 0 Å². The van der Waals surface area contributed by atoms with Gasteiger partial charge in [-0.3, -0.25) is 0 Å². The van der Waals surface area contributed by atoms with Crippen LogP contribution in [0.5, 0.6) is 0 Å². The first-order chi connectivity index (χ1) is 7.33. The molecule has 0 heterocycles. The molecule has 16 heavy (non-hydrogen) atoms. The number of hydrogen-bond acceptors (Lipinski definition) is 2. The fourth-order valence-corrected chi connectivity index (χ4v) is 1.85. The third kappa shape index (κ3) is 4.70. The van der Waals surface area contributed by atoms with Gasteiger partial charge in [-0.05, 0) is 12.8 Å². The van der Waals surface area contributed by atoms with Gasteiger partial charge in [0.1, 0.15) is 6.61 Å². The fraction of sp³-hybridized carbons (Fsp3) is 1.00. The van der Waals surface area contributed by atoms with Gasteiger partial charge in [0.2, 0.25) is 0 Å². The van der Waals surface area contributed by atoms with E-state index in [0.717, 1.165) is 25.8 Å². The van der Waals surface area contributed by atoms with E-state index in [2.05, 4.69) is 5.32 Å². The molecule has 0 spiro atoms. The van der Waals surface area contributed by atoms with Crippen molar-refractivity contribution in [3.05, 3.63) is 0 Å². The summed E-state index contributed by atoms with van der Waals surface area (Å²) in [4.78, 5) is 0. The molecule has 0 radical (unpaired) electrons. The predicted molar refractivity (Wildman–Crippen MR) is 56.3 cm³/mol. The lowest BCUT2D eigenvalue weighted by Gasteiger charge is -2.42. The fourth-order valence-electron chi connectivity index (χ4n) is 1.85. The zero-order valence-electron chi connectivity index (χ0n) is 9.86. The molecule has 0 aliphatic heterocycles. The maximum absolute atomic E-state index is 11.9. The monoisotopic (exact) mass is 239 g/mol. The molecule has 1 aliphatic rings. The molecule has 0 atom stereocenters. The summed E-state index contributed by atoms with van der Waals surface area (Å²) in [6, 6.07) is 0.361. The quantitative estimate of drug-likeness (QED) is 0.769. The van der Waals surface area contributed by atoms with Gasteiger partial charge in [0.25, 0.3) is 0 Å². The Hall–Kier alpha value is -0.290. The second-order valence-corrected chi connectivity index (χ2v) is 5.00. The minimum absolute atomic E-state index is 0.0600. The van der Waals surface area contributed by atoms with Crippen molar-refractivity contribution in [3.8, 4) is 0 Å². The molecule has 2 nitrogen and oxygen atoms in total. The van der Waals surface area contributed by atoms with Crippen molar-refractivity contribution in [1.82, 2.24) is 5.32 Å². The molecule has 5 heteroatoms. The minimum Gasteiger partial charge on any atom is -0.371 e. The molecule has 0 aromatic rings. The number of rotatable bonds is 6. The molecule has 0 aromatic carbocycles. The highest BCUT2D eigenvalue weighted by Crippen LogP contribution is 2.40. The Morgan fingerprint density at radius 2 is 1.94 bits per heavy atom. The molecular formula is C11H20F3NO. The van der Waals surface area contributed by atoms with E-state index in [-0.39, 0.29) is 12.0 Å². The number of hydrogen-bond donors (Lipinski definition) is 1. The molecule has 0 unspecified atom stereocenters. The van der Waals surface area contributed by atoms with Gasteiger partial charge in [0.15, 0.2) is 0 Å². The van der Waals surface area contributed by atoms with E-state index in [1.165, 1.54) is 0 Å². The van der Waals surface area contributed by atoms with Crippen LogP contribution in [-0.2, 0) is 4.74 Å². The van der Waals surface area contributed by atoms with Gasteiger partial charge in [-0.25, -0.2) is 0 Å². The summed E-state index contributed by atoms with van der Waals surface area (Å²) in [6.45, 7) is 3.90. The molecule has 0 bridgehead atoms. The Kier molecular flexibility index (Phi) is 4.62. The van der Waals surface area contributed by atoms with Gasteiger partial charge in [0.05, 0.1) is 6.61 Å². The zero-order chi connectivity index (χ0) is 12.2. The van der Waals surface area contributed by atoms with Crippen molar-refractivity contribution < 1.29 is 17.9 Å². The molecule has 1 aliphatic carbocycles. The summed E-state index contributed by atoms with van der Waals surface area (Å²) < 4.78 is 40.6. The molecule has 1 rings (SSSR count). The van der Waals surface area contributed by atoms with Crippen LogP contribution >= 0.6 is 0 Å². The summed E-state index contributed by atoms with van der Waals surface area (Å²) in [5, 5.41) is 3.27. The van der Waals surface area contributed by atoms with Crippen molar-refractivity contribution in [1.29, 1.82) is 0 Å². The van der Waals surface area contributed by atoms with Crippen LogP contribution in [0.25, 0.3) is 0 Å². The minimum atomic E-state index is -4.21. The number of nitrogens with one attached hydrogen (secondary N) is 1. The van der Waals surface area contributed by atoms with Crippen LogP contribution in [0.3, 0.4) is 0 Å². The Morgan fingerprint density at radius 3 is 2.31 bits per heavy atom. The van der Waals surface area contributed by atoms with Crippen LogP contribution in [0.2, 0.25) is 0 Å². The summed E-state index contributed by atoms with van der Waals surface area (Å²) in [7, 11) is 0. The third-order valence-electron chi connectivity index (χ3n) is 2.97. The molecule has 1 fully saturated rings. The normalized spacial score (nSPS) is 19.9. The summed E-state index contributed by atoms with van der Waals surface area (Å²) in [5.74, 6) is 0. The lowest BCUT2D eigenvalue weighted by atomic mass is 9.69. The second-order valence-electron chi connectivity index (χ2n) is 5.00. The lowest BCUT2D eigenvalue weighted by Crippen LogP contribution is -2.45. The lowest BCUT2D eigenvalue weighted by molar-refractivity contribution is -0.184. The highest BCUT2D eigenvalue weighted by Gasteiger charge is 2.38. The van der Waals surface area contributed by atoms with Gasteiger partial charge in [-0.1, -0.05) is 20.3 Å². The van der Waals surface area contributed by atoms with Gasteiger partial charge in [-0.2, -0.15) is 13.2 Å². The van der Waals surface area contributed by atoms with E-state index in [0.29, 0.717) is 6.04 Å². The van der Waals surface area contributed by atoms with Crippen LogP contribution in [0.4, 0.5) is 13.2 Å². The summed E-state index contributed by atoms with van der Waals surface area (Å²) >= 11 is 0. The molecule has 1 saturated carbocycles. The first-order valence-corrected chi connectivity index (χ1v) is 5.71. The van der Waals surface area contributed by atoms with Gasteiger partial charge >= 0.3 is 6.18 Å². The van der Waals surface area contributed by atoms with Crippen LogP contribution < -0.4 is 5.32 Å². The van der Waals surface area contributed by atoms with Crippen molar-refractivity contribution >= 4 is 0 Å². The van der Waals surface area contributed by atoms with E-state index in [9.17, 15) is 13.2 Å². The first kappa shape index (κ1) is 13.8. The van der Waals surface area contributed by atoms with Crippen molar-refractivity contribution in [3.63, 3.8) is 0 Å². The molecule has 0 amide bonds. The maximum Gasteiger partial charge on any atom is 0.411 e. The van der Waals surface area contributed by atoms with Crippen molar-refractivity contribution in [2.45, 2.75) is 45.3 Å². The SMILES string of the molecule is CC(C)NCC1(COCC(F)(F)F)CCC1. The van der Waals surface area contributed by atoms with E-state index < -0.39 is 12.8 Å². The molecule has 96 valence electrons. The largest absolute Gasteiger partial charge is 0.411 e. The van der Waals surface area contributed by atoms with Crippen LogP contribution in [0, 0.1) is 5.41 Å². The van der Waals surface area contributed by atoms with Gasteiger partial charge in [-0.15, -0.1) is 0 Å². The van der Waals surface area contributed by atoms with E-state index >= 15 is 0 Å². The second kappa shape index (κ2) is 5.36. The third-order valence-corrected chi connectivity index (χ3v) is 2.97. The Balaban J connectivity index is 2.25. The average Bonchev–Trinajstić information content (AvgIpc) is 2.05. The molecule has 1 N–H and O–H groups in total. The molecule has 0 saturated heterocycles. The Labute approximate surface area is 94.5 Å². The number of ether oxygens (including phenoxy) is 1. The van der Waals surface area contributed by atoms with Gasteiger partial charge < -0.3 is 10.1 Å². The highest BCUT2D eigenvalue weighted by molar-refractivity contribution is 4.90. The van der Waals surface area contributed by atoms with Crippen molar-refractivity contribution in [2.24, 2.45) is 5.41 Å². The van der Waals surface area contributed by atoms with Crippen LogP contribution in [-0.4, -0.2) is 32.0 Å². The molecular weight excluding hydrogens is 219 g/mol. The van der Waals surface area contributed by atoms with E-state index in [1.807, 2.05) is 13.8 Å². The summed E-state index contributed by atoms with van der Waals surface area (Å²) in [6.07, 6.45) is -1.19. The maximum atomic E-state index is 11.9. The Morgan fingerprint density at radius 1 is 1.31 bits per heavy atom. The smallest absolute Gasteiger partial charge is 0.371 e. The Bertz CT molecular complexity index is 212. The highest BCUT2D eigenvalue weighted by atomic mass is 19.4. The molecule has 0 aromatic heterocycles. The standard InChI is InChI=1S/C11H20F3NO/c1-9(2)15-6-10(4-3-5-10)7-16-8-11(12,13)14/h9,15H,3-8H2,1-2H3. The van der Waals surface area contributed by atoms with E-state index in [1.54, 1.807) is 0 Å². The average molecular weight is 239 g/mol. The van der Waals surface area contributed by atoms with Gasteiger partial charge in [0, 0.05) is 18.0 Å². The number of alkyl halides is 3. The summed E-state index contributed by atoms with van der Waals surface area (Å²) in [5.41, 5.74) is -0.0600. The zero-order valence-corrected chi connectivity index (χ0v) is 9.86. The van der Waals surface area contributed by atoms with Crippen LogP contribution in [0.1, 0.15) is 33.1 Å². The van der Waals surface area contributed by atoms with E-state index in [4.69, 9.17) is 4.74 Å². The predicted octanol–water partition coefficient (Wildman–Crippen LogP) is 2.73. The first-order valence-electron chi connectivity index (χ1n) is 5.71. The number of halogens is 3. The topological polar surface area (TPSA) is 21.3 Å². The van der Waals surface area contributed by atoms with Crippen molar-refractivity contribution in [2.75, 3.05) is 19.8 Å².